The van der Waals surface area contributed by atoms with E-state index >= 15 is 0 Å². The Balaban J connectivity index is 1.58. The van der Waals surface area contributed by atoms with E-state index < -0.39 is 17.8 Å². The Hall–Kier alpha value is -3.68. The number of rotatable bonds is 6. The Labute approximate surface area is 185 Å². The summed E-state index contributed by atoms with van der Waals surface area (Å²) < 4.78 is 28.5. The van der Waals surface area contributed by atoms with E-state index in [1.807, 2.05) is 0 Å². The van der Waals surface area contributed by atoms with Crippen LogP contribution in [0, 0.1) is 11.7 Å². The van der Waals surface area contributed by atoms with Crippen molar-refractivity contribution in [2.45, 2.75) is 12.8 Å². The van der Waals surface area contributed by atoms with Crippen molar-refractivity contribution < 1.29 is 33.0 Å². The molecule has 0 aliphatic carbocycles. The standard InChI is InChI=1S/C24H24FNO6/c1-30-21-15-16(4-10-22(27)31-2)3-9-20(21)32-24(29)18-11-13-26(14-12-18)23(28)17-5-7-19(25)8-6-17/h3-10,15,18H,11-14H2,1-2H3/b10-4+. The Kier molecular flexibility index (Phi) is 7.59. The molecule has 1 aliphatic heterocycles. The largest absolute Gasteiger partial charge is 0.493 e. The molecule has 2 aromatic rings. The van der Waals surface area contributed by atoms with Crippen molar-refractivity contribution in [3.8, 4) is 11.5 Å². The molecule has 3 rings (SSSR count). The number of hydrogen-bond donors (Lipinski definition) is 0. The second kappa shape index (κ2) is 10.6. The fourth-order valence-corrected chi connectivity index (χ4v) is 3.39. The molecule has 0 N–H and O–H groups in total. The van der Waals surface area contributed by atoms with E-state index in [-0.39, 0.29) is 17.6 Å². The molecule has 0 unspecified atom stereocenters. The van der Waals surface area contributed by atoms with Crippen LogP contribution in [-0.2, 0) is 14.3 Å². The molecule has 0 spiro atoms. The van der Waals surface area contributed by atoms with Gasteiger partial charge in [-0.2, -0.15) is 0 Å². The maximum absolute atomic E-state index is 13.1. The molecule has 0 saturated carbocycles. The van der Waals surface area contributed by atoms with E-state index in [0.717, 1.165) is 0 Å². The van der Waals surface area contributed by atoms with Gasteiger partial charge in [-0.1, -0.05) is 6.07 Å². The van der Waals surface area contributed by atoms with Crippen LogP contribution in [-0.4, -0.2) is 50.1 Å². The van der Waals surface area contributed by atoms with Crippen LogP contribution in [0.3, 0.4) is 0 Å². The molecular formula is C24H24FNO6. The van der Waals surface area contributed by atoms with Gasteiger partial charge in [0.25, 0.3) is 5.91 Å². The van der Waals surface area contributed by atoms with Gasteiger partial charge in [-0.05, 0) is 60.9 Å². The van der Waals surface area contributed by atoms with E-state index in [1.54, 1.807) is 29.2 Å². The minimum atomic E-state index is -0.483. The van der Waals surface area contributed by atoms with Gasteiger partial charge in [0.05, 0.1) is 20.1 Å². The number of nitrogens with zero attached hydrogens (tertiary/aromatic N) is 1. The van der Waals surface area contributed by atoms with Crippen molar-refractivity contribution in [3.05, 3.63) is 65.5 Å². The van der Waals surface area contributed by atoms with Gasteiger partial charge in [0.1, 0.15) is 5.82 Å². The van der Waals surface area contributed by atoms with Gasteiger partial charge in [0.2, 0.25) is 0 Å². The Morgan fingerprint density at radius 2 is 1.69 bits per heavy atom. The predicted octanol–water partition coefficient (Wildman–Crippen LogP) is 3.48. The van der Waals surface area contributed by atoms with Crippen LogP contribution >= 0.6 is 0 Å². The highest BCUT2D eigenvalue weighted by Crippen LogP contribution is 2.30. The number of halogens is 1. The molecule has 1 saturated heterocycles. The first-order valence-corrected chi connectivity index (χ1v) is 10.1. The van der Waals surface area contributed by atoms with Crippen LogP contribution in [0.5, 0.6) is 11.5 Å². The molecule has 2 aromatic carbocycles. The molecule has 1 amide bonds. The lowest BCUT2D eigenvalue weighted by Crippen LogP contribution is -2.41. The van der Waals surface area contributed by atoms with Gasteiger partial charge in [-0.15, -0.1) is 0 Å². The maximum Gasteiger partial charge on any atom is 0.330 e. The zero-order valence-electron chi connectivity index (χ0n) is 17.9. The molecule has 0 bridgehead atoms. The number of carbonyl (C=O) groups is 3. The number of likely N-dealkylation sites (tertiary alicyclic amines) is 1. The fraction of sp³-hybridized carbons (Fsp3) is 0.292. The van der Waals surface area contributed by atoms with E-state index in [2.05, 4.69) is 4.74 Å². The number of esters is 2. The number of carbonyl (C=O) groups excluding carboxylic acids is 3. The zero-order valence-corrected chi connectivity index (χ0v) is 17.9. The highest BCUT2D eigenvalue weighted by Gasteiger charge is 2.29. The lowest BCUT2D eigenvalue weighted by Gasteiger charge is -2.31. The molecule has 32 heavy (non-hydrogen) atoms. The molecule has 8 heteroatoms. The average molecular weight is 441 g/mol. The summed E-state index contributed by atoms with van der Waals surface area (Å²) in [4.78, 5) is 38.1. The maximum atomic E-state index is 13.1. The first-order valence-electron chi connectivity index (χ1n) is 10.1. The number of methoxy groups -OCH3 is 2. The first kappa shape index (κ1) is 23.0. The van der Waals surface area contributed by atoms with Crippen molar-refractivity contribution in [2.75, 3.05) is 27.3 Å². The highest BCUT2D eigenvalue weighted by molar-refractivity contribution is 5.94. The normalized spacial score (nSPS) is 14.3. The quantitative estimate of drug-likeness (QED) is 0.388. The van der Waals surface area contributed by atoms with Crippen LogP contribution < -0.4 is 9.47 Å². The monoisotopic (exact) mass is 441 g/mol. The van der Waals surface area contributed by atoms with Crippen LogP contribution in [0.25, 0.3) is 6.08 Å². The minimum Gasteiger partial charge on any atom is -0.493 e. The molecule has 0 aromatic heterocycles. The van der Waals surface area contributed by atoms with Gasteiger partial charge in [-0.25, -0.2) is 9.18 Å². The van der Waals surface area contributed by atoms with E-state index in [9.17, 15) is 18.8 Å². The van der Waals surface area contributed by atoms with Crippen LogP contribution in [0.4, 0.5) is 4.39 Å². The van der Waals surface area contributed by atoms with Crippen molar-refractivity contribution in [3.63, 3.8) is 0 Å². The third-order valence-corrected chi connectivity index (χ3v) is 5.22. The van der Waals surface area contributed by atoms with Gasteiger partial charge in [-0.3, -0.25) is 9.59 Å². The Morgan fingerprint density at radius 3 is 2.31 bits per heavy atom. The summed E-state index contributed by atoms with van der Waals surface area (Å²) in [5.41, 5.74) is 1.10. The average Bonchev–Trinajstić information content (AvgIpc) is 2.83. The summed E-state index contributed by atoms with van der Waals surface area (Å²) in [6.45, 7) is 0.814. The van der Waals surface area contributed by atoms with Gasteiger partial charge >= 0.3 is 11.9 Å². The summed E-state index contributed by atoms with van der Waals surface area (Å²) in [5, 5.41) is 0. The van der Waals surface area contributed by atoms with E-state index in [4.69, 9.17) is 9.47 Å². The molecule has 1 fully saturated rings. The lowest BCUT2D eigenvalue weighted by molar-refractivity contribution is -0.140. The fourth-order valence-electron chi connectivity index (χ4n) is 3.39. The van der Waals surface area contributed by atoms with E-state index in [0.29, 0.717) is 42.8 Å². The second-order valence-electron chi connectivity index (χ2n) is 7.26. The van der Waals surface area contributed by atoms with Crippen molar-refractivity contribution in [2.24, 2.45) is 5.92 Å². The van der Waals surface area contributed by atoms with Crippen molar-refractivity contribution in [1.29, 1.82) is 0 Å². The SMILES string of the molecule is COC(=O)/C=C/c1ccc(OC(=O)C2CCN(C(=O)c3ccc(F)cc3)CC2)c(OC)c1. The summed E-state index contributed by atoms with van der Waals surface area (Å²) >= 11 is 0. The van der Waals surface area contributed by atoms with Crippen molar-refractivity contribution in [1.82, 2.24) is 4.90 Å². The minimum absolute atomic E-state index is 0.186. The smallest absolute Gasteiger partial charge is 0.330 e. The number of piperidine rings is 1. The topological polar surface area (TPSA) is 82.1 Å². The number of hydrogen-bond acceptors (Lipinski definition) is 6. The number of amides is 1. The summed E-state index contributed by atoms with van der Waals surface area (Å²) in [5.74, 6) is -1.18. The van der Waals surface area contributed by atoms with Crippen LogP contribution in [0.15, 0.2) is 48.5 Å². The lowest BCUT2D eigenvalue weighted by atomic mass is 9.96. The summed E-state index contributed by atoms with van der Waals surface area (Å²) in [6, 6.07) is 10.3. The highest BCUT2D eigenvalue weighted by atomic mass is 19.1. The molecule has 168 valence electrons. The number of benzene rings is 2. The molecular weight excluding hydrogens is 417 g/mol. The number of ether oxygens (including phenoxy) is 3. The van der Waals surface area contributed by atoms with Crippen LogP contribution in [0.2, 0.25) is 0 Å². The van der Waals surface area contributed by atoms with Gasteiger partial charge < -0.3 is 19.1 Å². The molecule has 7 nitrogen and oxygen atoms in total. The summed E-state index contributed by atoms with van der Waals surface area (Å²) in [7, 11) is 2.75. The zero-order chi connectivity index (χ0) is 23.1. The van der Waals surface area contributed by atoms with Gasteiger partial charge in [0, 0.05) is 24.7 Å². The van der Waals surface area contributed by atoms with Gasteiger partial charge in [0.15, 0.2) is 11.5 Å². The van der Waals surface area contributed by atoms with E-state index in [1.165, 1.54) is 44.6 Å². The Morgan fingerprint density at radius 1 is 1.00 bits per heavy atom. The molecule has 1 heterocycles. The summed E-state index contributed by atoms with van der Waals surface area (Å²) in [6.07, 6.45) is 3.78. The predicted molar refractivity (Wildman–Crippen MR) is 115 cm³/mol. The van der Waals surface area contributed by atoms with Crippen molar-refractivity contribution >= 4 is 23.9 Å². The van der Waals surface area contributed by atoms with Crippen LogP contribution in [0.1, 0.15) is 28.8 Å². The molecule has 1 aliphatic rings. The second-order valence-corrected chi connectivity index (χ2v) is 7.26. The first-order chi connectivity index (χ1) is 15.4. The molecule has 0 atom stereocenters. The third-order valence-electron chi connectivity index (χ3n) is 5.22. The third kappa shape index (κ3) is 5.72. The molecule has 0 radical (unpaired) electrons. The Bertz CT molecular complexity index is 1010.